The minimum absolute atomic E-state index is 0. The minimum Gasteiger partial charge on any atom is -0.305 e. The Kier molecular flexibility index (Phi) is 27.9. The summed E-state index contributed by atoms with van der Waals surface area (Å²) >= 11 is 0. The maximum absolute atomic E-state index is 8.56. The fourth-order valence-electron chi connectivity index (χ4n) is 11.8. The molecule has 15 rings (SSSR count). The van der Waals surface area contributed by atoms with Crippen LogP contribution in [0, 0.1) is 63.1 Å². The molecule has 0 saturated carbocycles. The second-order valence-corrected chi connectivity index (χ2v) is 45.9. The second kappa shape index (κ2) is 44.5. The first-order valence-electron chi connectivity index (χ1n) is 44.8. The van der Waals surface area contributed by atoms with Gasteiger partial charge in [-0.2, -0.15) is 0 Å². The van der Waals surface area contributed by atoms with Gasteiger partial charge in [-0.1, -0.05) is 224 Å². The van der Waals surface area contributed by atoms with Gasteiger partial charge >= 0.3 is 0 Å². The van der Waals surface area contributed by atoms with Gasteiger partial charge in [-0.25, -0.2) is 0 Å². The van der Waals surface area contributed by atoms with Crippen LogP contribution in [0.3, 0.4) is 0 Å². The predicted molar refractivity (Wildman–Crippen MR) is 483 cm³/mol. The van der Waals surface area contributed by atoms with Gasteiger partial charge in [-0.15, -0.1) is 215 Å². The molecule has 9 aromatic carbocycles. The van der Waals surface area contributed by atoms with E-state index in [4.69, 9.17) is 20.6 Å². The van der Waals surface area contributed by atoms with Gasteiger partial charge in [0.05, 0.1) is 24.2 Å². The van der Waals surface area contributed by atoms with Crippen molar-refractivity contribution in [3.63, 3.8) is 0 Å². The fraction of sp³-hybridized carbons (Fsp3) is 0.184. The number of nitrogens with zero attached hydrogens (tertiary/aromatic N) is 6. The molecule has 0 spiro atoms. The Balaban J connectivity index is 0.000000218. The SMILES string of the molecule is Cc1cc(-c2[c-]cccc2)ncc1-c1ccc([Si](C)(C)C(C)(C)C)cc1.Cc1cc([Si](C)(C)C)ccc1-c1cnc(-c2[c-]cccc2)cc1C.[2H]C([2H])([2H])C([2H])(Cc1cc(-c2[c-]cccc2)ncc1-c1ccc([Si](C)(C)C)cc1)C([2H])([2H])[2H].[2H]c1[c-]c(-c2ccccn2)c([2H])c([2H])c1[2H].[2H]c1[c-]c(-c2ccccn2)c([2H])c([2H])c1[2H].[Ir].[Ir].[Ir].[c-]1ccccc1-c1ccccn1. The summed E-state index contributed by atoms with van der Waals surface area (Å²) in [7, 11) is -4.28. The molecule has 0 unspecified atom stereocenters. The number of benzene rings is 9. The van der Waals surface area contributed by atoms with Crippen molar-refractivity contribution < 1.29 is 80.9 Å². The molecule has 0 bridgehead atoms. The monoisotopic (exact) mass is 2100 g/mol. The Labute approximate surface area is 751 Å². The third kappa shape index (κ3) is 27.0. The number of hydrogen-bond acceptors (Lipinski definition) is 6. The van der Waals surface area contributed by atoms with E-state index in [1.165, 1.54) is 54.5 Å². The molecule has 115 heavy (non-hydrogen) atoms. The third-order valence-electron chi connectivity index (χ3n) is 19.3. The summed E-state index contributed by atoms with van der Waals surface area (Å²) in [5.74, 6) is -2.66. The van der Waals surface area contributed by atoms with E-state index in [1.54, 1.807) is 73.3 Å². The van der Waals surface area contributed by atoms with Crippen molar-refractivity contribution in [2.75, 3.05) is 0 Å². The van der Waals surface area contributed by atoms with Crippen LogP contribution in [-0.4, -0.2) is 54.1 Å². The number of hydrogen-bond donors (Lipinski definition) is 0. The van der Waals surface area contributed by atoms with Crippen LogP contribution in [-0.2, 0) is 66.7 Å². The van der Waals surface area contributed by atoms with E-state index in [-0.39, 0.29) is 109 Å². The summed E-state index contributed by atoms with van der Waals surface area (Å²) in [4.78, 5) is 26.2. The average molecular weight is 2100 g/mol. The van der Waals surface area contributed by atoms with Crippen LogP contribution in [0.1, 0.15) is 77.3 Å². The zero-order valence-corrected chi connectivity index (χ0v) is 77.6. The van der Waals surface area contributed by atoms with Crippen LogP contribution < -0.4 is 15.6 Å². The van der Waals surface area contributed by atoms with Gasteiger partial charge in [0.15, 0.2) is 0 Å². The summed E-state index contributed by atoms with van der Waals surface area (Å²) in [5, 5.41) is 4.63. The molecule has 6 aromatic heterocycles. The second-order valence-electron chi connectivity index (χ2n) is 30.5. The van der Waals surface area contributed by atoms with Crippen molar-refractivity contribution in [3.05, 3.63) is 381 Å². The maximum atomic E-state index is 8.56. The van der Waals surface area contributed by atoms with Crippen molar-refractivity contribution >= 4 is 39.8 Å². The van der Waals surface area contributed by atoms with Gasteiger partial charge in [-0.05, 0) is 135 Å². The minimum atomic E-state index is -3.00. The Morgan fingerprint density at radius 3 is 1.10 bits per heavy atom. The van der Waals surface area contributed by atoms with E-state index < -0.39 is 50.2 Å². The molecule has 0 aliphatic rings. The summed E-state index contributed by atoms with van der Waals surface area (Å²) in [6, 6.07) is 93.7. The van der Waals surface area contributed by atoms with Crippen LogP contribution in [0.5, 0.6) is 0 Å². The molecule has 0 saturated heterocycles. The first-order valence-corrected chi connectivity index (χ1v) is 47.3. The first kappa shape index (κ1) is 72.0. The smallest absolute Gasteiger partial charge is 0.0859 e. The van der Waals surface area contributed by atoms with Crippen molar-refractivity contribution in [3.8, 4) is 101 Å². The quantitative estimate of drug-likeness (QED) is 0.0797. The van der Waals surface area contributed by atoms with Crippen LogP contribution >= 0.6 is 0 Å². The molecular weight excluding hydrogens is 1980 g/mol. The Morgan fingerprint density at radius 2 is 0.722 bits per heavy atom. The molecule has 6 heterocycles. The molecule has 6 nitrogen and oxygen atoms in total. The standard InChI is InChI=1S/2C24H28NSi.C22H24NSi.3C11H8N.3Ir/c1-18-16-23(20-10-8-7-9-11-20)25-17-22(18)19-12-14-21(15-13-19)26(5,6)24(2,3)4;1-18(2)15-21-16-24(20-9-7-6-8-10-20)25-17-23(21)19-11-13-22(14-12-19)26(3,4)5;1-16-13-19(24(3,4)5)11-12-20(16)21-15-23-22(14-17(21)2)18-9-7-6-8-10-18;3*1-2-6-10(7-3-1)11-8-4-5-9-12-11;;;/h7-10,12-17H,1-6H3;6-9,11-14,16-18H,15H2,1-5H3;6-9,11-15H,1-5H3;3*1-6,8-9H;;;/q6*-1;;;/i;1D3,2D3,18D;;2*1D,2D,3D,6D;;;;. The van der Waals surface area contributed by atoms with Crippen molar-refractivity contribution in [1.82, 2.24) is 29.9 Å². The fourth-order valence-corrected chi connectivity index (χ4v) is 16.1. The predicted octanol–water partition coefficient (Wildman–Crippen LogP) is 25.2. The largest absolute Gasteiger partial charge is 0.305 e. The van der Waals surface area contributed by atoms with Crippen molar-refractivity contribution in [2.24, 2.45) is 5.89 Å². The van der Waals surface area contributed by atoms with Gasteiger partial charge in [0.1, 0.15) is 0 Å². The van der Waals surface area contributed by atoms with Crippen LogP contribution in [0.25, 0.3) is 101 Å². The molecule has 0 N–H and O–H groups in total. The van der Waals surface area contributed by atoms with Gasteiger partial charge in [0.25, 0.3) is 0 Å². The molecule has 591 valence electrons. The molecule has 3 radical (unpaired) electrons. The van der Waals surface area contributed by atoms with Gasteiger partial charge < -0.3 is 29.9 Å². The number of aromatic nitrogens is 6. The molecule has 0 fully saturated rings. The Hall–Kier alpha value is -9.52. The molecule has 0 amide bonds. The molecular formula is C103H104Ir3N6Si3-6. The molecule has 0 aliphatic carbocycles. The van der Waals surface area contributed by atoms with Gasteiger partial charge in [0, 0.05) is 129 Å². The summed E-state index contributed by atoms with van der Waals surface area (Å²) in [6.45, 7) is 26.4. The van der Waals surface area contributed by atoms with Crippen molar-refractivity contribution in [1.29, 1.82) is 0 Å². The van der Waals surface area contributed by atoms with E-state index in [1.807, 2.05) is 122 Å². The first-order chi connectivity index (χ1) is 59.9. The van der Waals surface area contributed by atoms with Gasteiger partial charge in [0.2, 0.25) is 0 Å². The Bertz CT molecular complexity index is 6030. The van der Waals surface area contributed by atoms with Crippen LogP contribution in [0.2, 0.25) is 57.4 Å². The van der Waals surface area contributed by atoms with Gasteiger partial charge in [-0.3, -0.25) is 0 Å². The number of pyridine rings is 6. The van der Waals surface area contributed by atoms with Crippen LogP contribution in [0.4, 0.5) is 0 Å². The number of rotatable bonds is 14. The Morgan fingerprint density at radius 1 is 0.357 bits per heavy atom. The summed E-state index contributed by atoms with van der Waals surface area (Å²) in [5.41, 5.74) is 19.5. The van der Waals surface area contributed by atoms with E-state index in [2.05, 4.69) is 239 Å². The summed E-state index contributed by atoms with van der Waals surface area (Å²) in [6.07, 6.45) is 10.1. The maximum Gasteiger partial charge on any atom is 0.0859 e. The summed E-state index contributed by atoms with van der Waals surface area (Å²) < 4.78 is 116. The van der Waals surface area contributed by atoms with E-state index >= 15 is 0 Å². The topological polar surface area (TPSA) is 77.3 Å². The molecule has 0 atom stereocenters. The number of aryl methyl sites for hydroxylation is 3. The third-order valence-corrected chi connectivity index (χ3v) is 28.9. The van der Waals surface area contributed by atoms with E-state index in [0.29, 0.717) is 49.9 Å². The van der Waals surface area contributed by atoms with Crippen LogP contribution in [0.15, 0.2) is 322 Å². The zero-order chi connectivity index (χ0) is 92.6. The van der Waals surface area contributed by atoms with E-state index in [9.17, 15) is 0 Å². The van der Waals surface area contributed by atoms with Crippen molar-refractivity contribution in [2.45, 2.75) is 119 Å². The zero-order valence-electron chi connectivity index (χ0n) is 82.4. The average Bonchev–Trinajstić information content (AvgIpc) is 0.748. The van der Waals surface area contributed by atoms with E-state index in [0.717, 1.165) is 39.3 Å². The molecule has 15 aromatic rings. The molecule has 12 heteroatoms. The normalized spacial score (nSPS) is 13.0. The molecule has 0 aliphatic heterocycles.